The SMILES string of the molecule is CCc1cc(N2CCC(C)(CN)C2)ncn1. The van der Waals surface area contributed by atoms with Crippen LogP contribution in [0.5, 0.6) is 0 Å². The second-order valence-electron chi connectivity index (χ2n) is 4.91. The molecule has 88 valence electrons. The van der Waals surface area contributed by atoms with Crippen molar-refractivity contribution in [1.82, 2.24) is 9.97 Å². The Hall–Kier alpha value is -1.16. The molecular formula is C12H20N4. The minimum Gasteiger partial charge on any atom is -0.356 e. The number of hydrogen-bond donors (Lipinski definition) is 1. The number of nitrogens with zero attached hydrogens (tertiary/aromatic N) is 3. The van der Waals surface area contributed by atoms with E-state index in [0.717, 1.165) is 44.0 Å². The smallest absolute Gasteiger partial charge is 0.132 e. The van der Waals surface area contributed by atoms with Crippen LogP contribution in [0.1, 0.15) is 26.0 Å². The fourth-order valence-corrected chi connectivity index (χ4v) is 2.14. The van der Waals surface area contributed by atoms with Gasteiger partial charge >= 0.3 is 0 Å². The predicted molar refractivity (Wildman–Crippen MR) is 65.4 cm³/mol. The highest BCUT2D eigenvalue weighted by atomic mass is 15.2. The fourth-order valence-electron chi connectivity index (χ4n) is 2.14. The Bertz CT molecular complexity index is 366. The van der Waals surface area contributed by atoms with E-state index in [9.17, 15) is 0 Å². The Labute approximate surface area is 96.9 Å². The van der Waals surface area contributed by atoms with Gasteiger partial charge in [0.15, 0.2) is 0 Å². The Balaban J connectivity index is 2.14. The van der Waals surface area contributed by atoms with Crippen molar-refractivity contribution in [2.24, 2.45) is 11.1 Å². The molecule has 0 saturated carbocycles. The summed E-state index contributed by atoms with van der Waals surface area (Å²) in [6.07, 6.45) is 3.76. The van der Waals surface area contributed by atoms with Gasteiger partial charge in [-0.25, -0.2) is 9.97 Å². The maximum Gasteiger partial charge on any atom is 0.132 e. The van der Waals surface area contributed by atoms with Gasteiger partial charge in [-0.3, -0.25) is 0 Å². The Kier molecular flexibility index (Phi) is 3.10. The zero-order valence-corrected chi connectivity index (χ0v) is 10.1. The normalized spacial score (nSPS) is 25.1. The molecule has 1 atom stereocenters. The molecule has 1 saturated heterocycles. The summed E-state index contributed by atoms with van der Waals surface area (Å²) in [5.41, 5.74) is 7.16. The third-order valence-corrected chi connectivity index (χ3v) is 3.45. The lowest BCUT2D eigenvalue weighted by Crippen LogP contribution is -2.31. The van der Waals surface area contributed by atoms with Gasteiger partial charge in [-0.05, 0) is 24.8 Å². The van der Waals surface area contributed by atoms with Crippen LogP contribution >= 0.6 is 0 Å². The van der Waals surface area contributed by atoms with E-state index in [0.29, 0.717) is 0 Å². The van der Waals surface area contributed by atoms with Gasteiger partial charge < -0.3 is 10.6 Å². The molecule has 0 radical (unpaired) electrons. The van der Waals surface area contributed by atoms with Crippen LogP contribution in [0, 0.1) is 5.41 Å². The van der Waals surface area contributed by atoms with Gasteiger partial charge in [0.25, 0.3) is 0 Å². The molecule has 1 aliphatic heterocycles. The first kappa shape index (κ1) is 11.3. The van der Waals surface area contributed by atoms with E-state index in [4.69, 9.17) is 5.73 Å². The van der Waals surface area contributed by atoms with Crippen molar-refractivity contribution in [3.8, 4) is 0 Å². The monoisotopic (exact) mass is 220 g/mol. The topological polar surface area (TPSA) is 55.0 Å². The number of anilines is 1. The van der Waals surface area contributed by atoms with Crippen molar-refractivity contribution < 1.29 is 0 Å². The molecule has 2 N–H and O–H groups in total. The second kappa shape index (κ2) is 4.37. The zero-order valence-electron chi connectivity index (χ0n) is 10.1. The summed E-state index contributed by atoms with van der Waals surface area (Å²) in [6, 6.07) is 2.09. The van der Waals surface area contributed by atoms with E-state index in [1.165, 1.54) is 0 Å². The van der Waals surface area contributed by atoms with Gasteiger partial charge in [0.05, 0.1) is 0 Å². The van der Waals surface area contributed by atoms with Crippen LogP contribution in [0.4, 0.5) is 5.82 Å². The number of hydrogen-bond acceptors (Lipinski definition) is 4. The maximum atomic E-state index is 5.81. The van der Waals surface area contributed by atoms with Crippen molar-refractivity contribution in [2.75, 3.05) is 24.5 Å². The highest BCUT2D eigenvalue weighted by Gasteiger charge is 2.33. The van der Waals surface area contributed by atoms with Crippen LogP contribution in [-0.2, 0) is 6.42 Å². The van der Waals surface area contributed by atoms with Crippen LogP contribution in [-0.4, -0.2) is 29.6 Å². The van der Waals surface area contributed by atoms with Crippen molar-refractivity contribution in [3.63, 3.8) is 0 Å². The third-order valence-electron chi connectivity index (χ3n) is 3.45. The third kappa shape index (κ3) is 2.16. The first-order chi connectivity index (χ1) is 7.67. The fraction of sp³-hybridized carbons (Fsp3) is 0.667. The highest BCUT2D eigenvalue weighted by molar-refractivity contribution is 5.40. The molecule has 1 aromatic rings. The Morgan fingerprint density at radius 3 is 2.94 bits per heavy atom. The van der Waals surface area contributed by atoms with Gasteiger partial charge in [-0.1, -0.05) is 13.8 Å². The number of aryl methyl sites for hydroxylation is 1. The van der Waals surface area contributed by atoms with E-state index >= 15 is 0 Å². The second-order valence-corrected chi connectivity index (χ2v) is 4.91. The summed E-state index contributed by atoms with van der Waals surface area (Å²) >= 11 is 0. The molecule has 0 spiro atoms. The largest absolute Gasteiger partial charge is 0.356 e. The van der Waals surface area contributed by atoms with Crippen molar-refractivity contribution in [2.45, 2.75) is 26.7 Å². The van der Waals surface area contributed by atoms with E-state index in [-0.39, 0.29) is 5.41 Å². The molecule has 1 aromatic heterocycles. The lowest BCUT2D eigenvalue weighted by Gasteiger charge is -2.23. The average Bonchev–Trinajstić information content (AvgIpc) is 2.73. The van der Waals surface area contributed by atoms with Crippen molar-refractivity contribution >= 4 is 5.82 Å². The number of nitrogens with two attached hydrogens (primary N) is 1. The number of aromatic nitrogens is 2. The zero-order chi connectivity index (χ0) is 11.6. The molecule has 4 heteroatoms. The van der Waals surface area contributed by atoms with Crippen LogP contribution in [0.2, 0.25) is 0 Å². The minimum atomic E-state index is 0.247. The molecule has 1 fully saturated rings. The van der Waals surface area contributed by atoms with E-state index in [1.807, 2.05) is 0 Å². The summed E-state index contributed by atoms with van der Waals surface area (Å²) < 4.78 is 0. The standard InChI is InChI=1S/C12H20N4/c1-3-10-6-11(15-9-14-10)16-5-4-12(2,7-13)8-16/h6,9H,3-5,7-8,13H2,1-2H3. The maximum absolute atomic E-state index is 5.81. The molecule has 0 amide bonds. The molecular weight excluding hydrogens is 200 g/mol. The van der Waals surface area contributed by atoms with Gasteiger partial charge in [-0.2, -0.15) is 0 Å². The minimum absolute atomic E-state index is 0.247. The summed E-state index contributed by atoms with van der Waals surface area (Å²) in [5.74, 6) is 1.05. The van der Waals surface area contributed by atoms with E-state index in [1.54, 1.807) is 6.33 Å². The van der Waals surface area contributed by atoms with Crippen molar-refractivity contribution in [1.29, 1.82) is 0 Å². The van der Waals surface area contributed by atoms with Gasteiger partial charge in [0, 0.05) is 24.8 Å². The van der Waals surface area contributed by atoms with Crippen LogP contribution < -0.4 is 10.6 Å². The number of rotatable bonds is 3. The van der Waals surface area contributed by atoms with Crippen LogP contribution in [0.3, 0.4) is 0 Å². The van der Waals surface area contributed by atoms with Crippen LogP contribution in [0.25, 0.3) is 0 Å². The Morgan fingerprint density at radius 1 is 1.50 bits per heavy atom. The molecule has 2 rings (SSSR count). The average molecular weight is 220 g/mol. The quantitative estimate of drug-likeness (QED) is 0.832. The molecule has 0 aliphatic carbocycles. The van der Waals surface area contributed by atoms with Crippen molar-refractivity contribution in [3.05, 3.63) is 18.1 Å². The lowest BCUT2D eigenvalue weighted by atomic mass is 9.90. The molecule has 4 nitrogen and oxygen atoms in total. The van der Waals surface area contributed by atoms with Gasteiger partial charge in [0.1, 0.15) is 12.1 Å². The molecule has 2 heterocycles. The molecule has 0 bridgehead atoms. The summed E-state index contributed by atoms with van der Waals surface area (Å²) in [7, 11) is 0. The van der Waals surface area contributed by atoms with E-state index < -0.39 is 0 Å². The van der Waals surface area contributed by atoms with Gasteiger partial charge in [-0.15, -0.1) is 0 Å². The van der Waals surface area contributed by atoms with Crippen LogP contribution in [0.15, 0.2) is 12.4 Å². The summed E-state index contributed by atoms with van der Waals surface area (Å²) in [6.45, 7) is 7.15. The predicted octanol–water partition coefficient (Wildman–Crippen LogP) is 1.21. The molecule has 0 aromatic carbocycles. The molecule has 16 heavy (non-hydrogen) atoms. The summed E-state index contributed by atoms with van der Waals surface area (Å²) in [4.78, 5) is 10.9. The summed E-state index contributed by atoms with van der Waals surface area (Å²) in [5, 5.41) is 0. The first-order valence-electron chi connectivity index (χ1n) is 5.93. The van der Waals surface area contributed by atoms with Gasteiger partial charge in [0.2, 0.25) is 0 Å². The highest BCUT2D eigenvalue weighted by Crippen LogP contribution is 2.31. The molecule has 1 aliphatic rings. The van der Waals surface area contributed by atoms with E-state index in [2.05, 4.69) is 34.8 Å². The molecule has 1 unspecified atom stereocenters. The first-order valence-corrected chi connectivity index (χ1v) is 5.93. The lowest BCUT2D eigenvalue weighted by molar-refractivity contribution is 0.383. The Morgan fingerprint density at radius 2 is 2.31 bits per heavy atom.